The molecule has 1 heterocycles. The monoisotopic (exact) mass is 249 g/mol. The Morgan fingerprint density at radius 3 is 2.78 bits per heavy atom. The fourth-order valence-electron chi connectivity index (χ4n) is 1.92. The summed E-state index contributed by atoms with van der Waals surface area (Å²) in [5, 5.41) is 3.50. The molecular formula is C15H27N3. The zero-order chi connectivity index (χ0) is 13.1. The maximum Gasteiger partial charge on any atom is 0.0543 e. The Bertz CT molecular complexity index is 287. The molecule has 0 aromatic carbocycles. The third-order valence-corrected chi connectivity index (χ3v) is 3.04. The summed E-state index contributed by atoms with van der Waals surface area (Å²) in [5.41, 5.74) is 1.14. The van der Waals surface area contributed by atoms with Crippen LogP contribution in [0.3, 0.4) is 0 Å². The van der Waals surface area contributed by atoms with E-state index in [0.717, 1.165) is 31.9 Å². The highest BCUT2D eigenvalue weighted by Crippen LogP contribution is 1.98. The minimum atomic E-state index is 0.929. The molecule has 0 fully saturated rings. The minimum absolute atomic E-state index is 0.929. The second-order valence-corrected chi connectivity index (χ2v) is 4.87. The molecule has 0 aliphatic carbocycles. The number of unbranched alkanes of at least 4 members (excludes halogenated alkanes) is 3. The van der Waals surface area contributed by atoms with Gasteiger partial charge in [0.1, 0.15) is 0 Å². The Morgan fingerprint density at radius 2 is 2.06 bits per heavy atom. The number of hydrogen-bond donors (Lipinski definition) is 1. The van der Waals surface area contributed by atoms with Crippen LogP contribution in [0.1, 0.15) is 38.3 Å². The van der Waals surface area contributed by atoms with Gasteiger partial charge in [0.25, 0.3) is 0 Å². The number of nitrogens with zero attached hydrogens (tertiary/aromatic N) is 2. The van der Waals surface area contributed by atoms with Gasteiger partial charge in [0.15, 0.2) is 0 Å². The van der Waals surface area contributed by atoms with Gasteiger partial charge in [0, 0.05) is 25.8 Å². The van der Waals surface area contributed by atoms with Gasteiger partial charge in [-0.25, -0.2) is 0 Å². The van der Waals surface area contributed by atoms with Crippen LogP contribution in [-0.4, -0.2) is 36.6 Å². The predicted molar refractivity (Wildman–Crippen MR) is 77.6 cm³/mol. The van der Waals surface area contributed by atoms with Crippen molar-refractivity contribution < 1.29 is 0 Å². The number of pyridine rings is 1. The quantitative estimate of drug-likeness (QED) is 0.646. The van der Waals surface area contributed by atoms with E-state index in [1.165, 1.54) is 25.7 Å². The molecular weight excluding hydrogens is 222 g/mol. The zero-order valence-corrected chi connectivity index (χ0v) is 11.9. The van der Waals surface area contributed by atoms with Gasteiger partial charge < -0.3 is 5.32 Å². The first-order chi connectivity index (χ1) is 8.83. The van der Waals surface area contributed by atoms with Crippen LogP contribution in [-0.2, 0) is 6.54 Å². The minimum Gasteiger partial charge on any atom is -0.315 e. The van der Waals surface area contributed by atoms with Crippen LogP contribution in [0, 0.1) is 0 Å². The Hall–Kier alpha value is -0.930. The number of hydrogen-bond acceptors (Lipinski definition) is 3. The SMILES string of the molecule is CCCCCCNCCN(C)Cc1ccccn1. The third kappa shape index (κ3) is 7.41. The summed E-state index contributed by atoms with van der Waals surface area (Å²) in [5.74, 6) is 0. The molecule has 0 radical (unpaired) electrons. The summed E-state index contributed by atoms with van der Waals surface area (Å²) < 4.78 is 0. The molecule has 0 atom stereocenters. The molecule has 0 amide bonds. The summed E-state index contributed by atoms with van der Waals surface area (Å²) in [4.78, 5) is 6.64. The van der Waals surface area contributed by atoms with E-state index < -0.39 is 0 Å². The Kier molecular flexibility index (Phi) is 8.43. The molecule has 0 aliphatic rings. The van der Waals surface area contributed by atoms with E-state index in [1.54, 1.807) is 0 Å². The lowest BCUT2D eigenvalue weighted by Crippen LogP contribution is -2.29. The molecule has 0 saturated carbocycles. The molecule has 0 bridgehead atoms. The van der Waals surface area contributed by atoms with Crippen molar-refractivity contribution in [3.8, 4) is 0 Å². The van der Waals surface area contributed by atoms with Gasteiger partial charge in [0.2, 0.25) is 0 Å². The summed E-state index contributed by atoms with van der Waals surface area (Å²) in [6, 6.07) is 6.08. The van der Waals surface area contributed by atoms with E-state index >= 15 is 0 Å². The summed E-state index contributed by atoms with van der Waals surface area (Å²) in [6.45, 7) is 6.47. The van der Waals surface area contributed by atoms with Crippen LogP contribution in [0.2, 0.25) is 0 Å². The molecule has 102 valence electrons. The molecule has 1 rings (SSSR count). The number of rotatable bonds is 10. The Balaban J connectivity index is 1.99. The molecule has 1 N–H and O–H groups in total. The summed E-state index contributed by atoms with van der Waals surface area (Å²) >= 11 is 0. The van der Waals surface area contributed by atoms with E-state index in [1.807, 2.05) is 18.3 Å². The maximum atomic E-state index is 4.33. The van der Waals surface area contributed by atoms with Gasteiger partial charge >= 0.3 is 0 Å². The van der Waals surface area contributed by atoms with Crippen LogP contribution in [0.15, 0.2) is 24.4 Å². The Labute approximate surface area is 112 Å². The average molecular weight is 249 g/mol. The zero-order valence-electron chi connectivity index (χ0n) is 11.9. The lowest BCUT2D eigenvalue weighted by Gasteiger charge is -2.16. The van der Waals surface area contributed by atoms with Crippen molar-refractivity contribution in [3.63, 3.8) is 0 Å². The highest BCUT2D eigenvalue weighted by atomic mass is 15.1. The van der Waals surface area contributed by atoms with E-state index in [2.05, 4.69) is 35.2 Å². The highest BCUT2D eigenvalue weighted by Gasteiger charge is 2.00. The summed E-state index contributed by atoms with van der Waals surface area (Å²) in [6.07, 6.45) is 7.19. The smallest absolute Gasteiger partial charge is 0.0543 e. The molecule has 1 aromatic heterocycles. The van der Waals surface area contributed by atoms with Crippen molar-refractivity contribution >= 4 is 0 Å². The predicted octanol–water partition coefficient (Wildman–Crippen LogP) is 2.68. The first-order valence-corrected chi connectivity index (χ1v) is 7.12. The van der Waals surface area contributed by atoms with Gasteiger partial charge in [-0.15, -0.1) is 0 Å². The fraction of sp³-hybridized carbons (Fsp3) is 0.667. The molecule has 1 aromatic rings. The van der Waals surface area contributed by atoms with Crippen LogP contribution in [0.25, 0.3) is 0 Å². The lowest BCUT2D eigenvalue weighted by atomic mass is 10.2. The summed E-state index contributed by atoms with van der Waals surface area (Å²) in [7, 11) is 2.15. The number of likely N-dealkylation sites (N-methyl/N-ethyl adjacent to an activating group) is 1. The van der Waals surface area contributed by atoms with E-state index in [-0.39, 0.29) is 0 Å². The van der Waals surface area contributed by atoms with Crippen molar-refractivity contribution in [1.29, 1.82) is 0 Å². The third-order valence-electron chi connectivity index (χ3n) is 3.04. The van der Waals surface area contributed by atoms with Crippen molar-refractivity contribution in [2.75, 3.05) is 26.7 Å². The Morgan fingerprint density at radius 1 is 1.17 bits per heavy atom. The van der Waals surface area contributed by atoms with Gasteiger partial charge in [-0.3, -0.25) is 9.88 Å². The second-order valence-electron chi connectivity index (χ2n) is 4.87. The standard InChI is InChI=1S/C15H27N3/c1-3-4-5-7-10-16-12-13-18(2)14-15-9-6-8-11-17-15/h6,8-9,11,16H,3-5,7,10,12-14H2,1-2H3. The maximum absolute atomic E-state index is 4.33. The topological polar surface area (TPSA) is 28.2 Å². The van der Waals surface area contributed by atoms with Gasteiger partial charge in [-0.1, -0.05) is 32.3 Å². The fourth-order valence-corrected chi connectivity index (χ4v) is 1.92. The van der Waals surface area contributed by atoms with Crippen molar-refractivity contribution in [3.05, 3.63) is 30.1 Å². The van der Waals surface area contributed by atoms with Crippen molar-refractivity contribution in [2.45, 2.75) is 39.2 Å². The number of aromatic nitrogens is 1. The molecule has 3 nitrogen and oxygen atoms in total. The van der Waals surface area contributed by atoms with Crippen molar-refractivity contribution in [1.82, 2.24) is 15.2 Å². The normalized spacial score (nSPS) is 11.1. The van der Waals surface area contributed by atoms with E-state index in [4.69, 9.17) is 0 Å². The molecule has 0 saturated heterocycles. The van der Waals surface area contributed by atoms with E-state index in [0.29, 0.717) is 0 Å². The molecule has 3 heteroatoms. The van der Waals surface area contributed by atoms with Gasteiger partial charge in [-0.05, 0) is 32.1 Å². The molecule has 0 spiro atoms. The van der Waals surface area contributed by atoms with Crippen LogP contribution >= 0.6 is 0 Å². The second kappa shape index (κ2) is 10.0. The largest absolute Gasteiger partial charge is 0.315 e. The highest BCUT2D eigenvalue weighted by molar-refractivity contribution is 5.02. The first kappa shape index (κ1) is 15.1. The van der Waals surface area contributed by atoms with Gasteiger partial charge in [0.05, 0.1) is 5.69 Å². The van der Waals surface area contributed by atoms with Crippen LogP contribution in [0.5, 0.6) is 0 Å². The van der Waals surface area contributed by atoms with Crippen LogP contribution < -0.4 is 5.32 Å². The van der Waals surface area contributed by atoms with E-state index in [9.17, 15) is 0 Å². The molecule has 18 heavy (non-hydrogen) atoms. The molecule has 0 aliphatic heterocycles. The molecule has 0 unspecified atom stereocenters. The lowest BCUT2D eigenvalue weighted by molar-refractivity contribution is 0.320. The van der Waals surface area contributed by atoms with Crippen LogP contribution in [0.4, 0.5) is 0 Å². The van der Waals surface area contributed by atoms with Gasteiger partial charge in [-0.2, -0.15) is 0 Å². The van der Waals surface area contributed by atoms with Crippen molar-refractivity contribution in [2.24, 2.45) is 0 Å². The number of nitrogens with one attached hydrogen (secondary N) is 1. The average Bonchev–Trinajstić information content (AvgIpc) is 2.39. The first-order valence-electron chi connectivity index (χ1n) is 7.12.